The number of amides is 3. The van der Waals surface area contributed by atoms with Crippen molar-refractivity contribution >= 4 is 17.7 Å². The van der Waals surface area contributed by atoms with Crippen molar-refractivity contribution in [1.29, 1.82) is 0 Å². The summed E-state index contributed by atoms with van der Waals surface area (Å²) >= 11 is 0. The minimum absolute atomic E-state index is 0.120. The number of hydrogen-bond donors (Lipinski definition) is 2. The van der Waals surface area contributed by atoms with Gasteiger partial charge in [0.15, 0.2) is 0 Å². The van der Waals surface area contributed by atoms with Crippen LogP contribution in [0.3, 0.4) is 0 Å². The van der Waals surface area contributed by atoms with E-state index in [-0.39, 0.29) is 19.1 Å². The number of nitrogens with one attached hydrogen (secondary N) is 2. The van der Waals surface area contributed by atoms with Gasteiger partial charge in [-0.05, 0) is 30.4 Å². The van der Waals surface area contributed by atoms with Crippen molar-refractivity contribution in [3.05, 3.63) is 30.1 Å². The SMILES string of the molecule is CC1CC(C)CN(C(=O)COCC(=O)NNC(=O)c2cccnc2)C1. The topological polar surface area (TPSA) is 101 Å². The number of rotatable bonds is 5. The summed E-state index contributed by atoms with van der Waals surface area (Å²) < 4.78 is 5.15. The van der Waals surface area contributed by atoms with E-state index in [1.54, 1.807) is 23.2 Å². The van der Waals surface area contributed by atoms with Gasteiger partial charge in [-0.15, -0.1) is 0 Å². The van der Waals surface area contributed by atoms with Crippen LogP contribution in [0.1, 0.15) is 30.6 Å². The van der Waals surface area contributed by atoms with E-state index in [0.717, 1.165) is 19.5 Å². The summed E-state index contributed by atoms with van der Waals surface area (Å²) in [5.41, 5.74) is 4.82. The number of pyridine rings is 1. The third-order valence-corrected chi connectivity index (χ3v) is 3.92. The molecule has 25 heavy (non-hydrogen) atoms. The highest BCUT2D eigenvalue weighted by atomic mass is 16.5. The fourth-order valence-corrected chi connectivity index (χ4v) is 2.92. The first-order valence-electron chi connectivity index (χ1n) is 8.30. The van der Waals surface area contributed by atoms with E-state index in [9.17, 15) is 14.4 Å². The van der Waals surface area contributed by atoms with Gasteiger partial charge in [0.2, 0.25) is 5.91 Å². The average Bonchev–Trinajstić information content (AvgIpc) is 2.59. The summed E-state index contributed by atoms with van der Waals surface area (Å²) in [6.07, 6.45) is 4.05. The molecule has 136 valence electrons. The molecule has 1 saturated heterocycles. The first kappa shape index (κ1) is 18.9. The van der Waals surface area contributed by atoms with Gasteiger partial charge in [0.25, 0.3) is 11.8 Å². The predicted octanol–water partition coefficient (Wildman–Crippen LogP) is 0.364. The molecule has 2 unspecified atom stereocenters. The molecule has 0 spiro atoms. The van der Waals surface area contributed by atoms with Gasteiger partial charge in [0.1, 0.15) is 13.2 Å². The number of carbonyl (C=O) groups excluding carboxylic acids is 3. The van der Waals surface area contributed by atoms with Gasteiger partial charge in [-0.3, -0.25) is 30.2 Å². The van der Waals surface area contributed by atoms with Crippen molar-refractivity contribution in [3.8, 4) is 0 Å². The Morgan fingerprint density at radius 3 is 2.56 bits per heavy atom. The third kappa shape index (κ3) is 6.15. The molecule has 0 saturated carbocycles. The largest absolute Gasteiger partial charge is 0.362 e. The smallest absolute Gasteiger partial charge is 0.271 e. The van der Waals surface area contributed by atoms with Crippen LogP contribution in [0.5, 0.6) is 0 Å². The number of carbonyl (C=O) groups is 3. The van der Waals surface area contributed by atoms with Crippen molar-refractivity contribution in [2.75, 3.05) is 26.3 Å². The van der Waals surface area contributed by atoms with E-state index in [2.05, 4.69) is 29.7 Å². The Kier molecular flexibility index (Phi) is 6.88. The summed E-state index contributed by atoms with van der Waals surface area (Å²) in [5, 5.41) is 0. The second-order valence-electron chi connectivity index (χ2n) is 6.48. The van der Waals surface area contributed by atoms with Crippen LogP contribution in [-0.2, 0) is 14.3 Å². The lowest BCUT2D eigenvalue weighted by Gasteiger charge is -2.34. The number of piperidine rings is 1. The molecule has 1 aromatic heterocycles. The highest BCUT2D eigenvalue weighted by Gasteiger charge is 2.25. The highest BCUT2D eigenvalue weighted by Crippen LogP contribution is 2.20. The molecule has 2 rings (SSSR count). The number of likely N-dealkylation sites (tertiary alicyclic amines) is 1. The van der Waals surface area contributed by atoms with E-state index < -0.39 is 11.8 Å². The lowest BCUT2D eigenvalue weighted by molar-refractivity contribution is -0.140. The first-order valence-corrected chi connectivity index (χ1v) is 8.30. The lowest BCUT2D eigenvalue weighted by atomic mass is 9.92. The Bertz CT molecular complexity index is 598. The summed E-state index contributed by atoms with van der Waals surface area (Å²) in [4.78, 5) is 41.1. The first-order chi connectivity index (χ1) is 12.0. The molecule has 0 aliphatic carbocycles. The molecule has 1 fully saturated rings. The molecular weight excluding hydrogens is 324 g/mol. The van der Waals surface area contributed by atoms with E-state index in [1.807, 2.05) is 0 Å². The molecule has 0 bridgehead atoms. The molecule has 1 aliphatic rings. The second kappa shape index (κ2) is 9.12. The van der Waals surface area contributed by atoms with Crippen molar-refractivity contribution in [2.24, 2.45) is 11.8 Å². The van der Waals surface area contributed by atoms with Crippen molar-refractivity contribution < 1.29 is 19.1 Å². The molecular formula is C17H24N4O4. The van der Waals surface area contributed by atoms with Gasteiger partial charge in [-0.1, -0.05) is 13.8 Å². The molecule has 2 N–H and O–H groups in total. The zero-order valence-electron chi connectivity index (χ0n) is 14.5. The van der Waals surface area contributed by atoms with Crippen LogP contribution in [0.25, 0.3) is 0 Å². The van der Waals surface area contributed by atoms with E-state index in [4.69, 9.17) is 4.74 Å². The van der Waals surface area contributed by atoms with Crippen LogP contribution in [0.15, 0.2) is 24.5 Å². The molecule has 0 radical (unpaired) electrons. The standard InChI is InChI=1S/C17H24N4O4/c1-12-6-13(2)9-21(8-12)16(23)11-25-10-15(22)19-20-17(24)14-4-3-5-18-7-14/h3-5,7,12-13H,6,8-11H2,1-2H3,(H,19,22)(H,20,24). The fourth-order valence-electron chi connectivity index (χ4n) is 2.92. The van der Waals surface area contributed by atoms with Gasteiger partial charge in [-0.25, -0.2) is 0 Å². The second-order valence-corrected chi connectivity index (χ2v) is 6.48. The Morgan fingerprint density at radius 2 is 1.92 bits per heavy atom. The Hall–Kier alpha value is -2.48. The number of hydrazine groups is 1. The van der Waals surface area contributed by atoms with E-state index >= 15 is 0 Å². The maximum Gasteiger partial charge on any atom is 0.271 e. The zero-order valence-corrected chi connectivity index (χ0v) is 14.5. The van der Waals surface area contributed by atoms with Crippen LogP contribution in [0, 0.1) is 11.8 Å². The Morgan fingerprint density at radius 1 is 1.20 bits per heavy atom. The summed E-state index contributed by atoms with van der Waals surface area (Å²) in [6.45, 7) is 5.23. The third-order valence-electron chi connectivity index (χ3n) is 3.92. The van der Waals surface area contributed by atoms with Crippen LogP contribution in [0.2, 0.25) is 0 Å². The predicted molar refractivity (Wildman–Crippen MR) is 90.2 cm³/mol. The minimum Gasteiger partial charge on any atom is -0.362 e. The molecule has 3 amide bonds. The van der Waals surface area contributed by atoms with Crippen LogP contribution in [0.4, 0.5) is 0 Å². The molecule has 2 heterocycles. The van der Waals surface area contributed by atoms with E-state index in [1.165, 1.54) is 6.20 Å². The number of hydrogen-bond acceptors (Lipinski definition) is 5. The molecule has 8 heteroatoms. The maximum absolute atomic E-state index is 12.1. The Labute approximate surface area is 146 Å². The fraction of sp³-hybridized carbons (Fsp3) is 0.529. The van der Waals surface area contributed by atoms with E-state index in [0.29, 0.717) is 17.4 Å². The van der Waals surface area contributed by atoms with Crippen LogP contribution >= 0.6 is 0 Å². The molecule has 0 aromatic carbocycles. The van der Waals surface area contributed by atoms with Crippen LogP contribution < -0.4 is 10.9 Å². The summed E-state index contributed by atoms with van der Waals surface area (Å²) in [6, 6.07) is 3.19. The summed E-state index contributed by atoms with van der Waals surface area (Å²) in [7, 11) is 0. The van der Waals surface area contributed by atoms with Gasteiger partial charge in [-0.2, -0.15) is 0 Å². The maximum atomic E-state index is 12.1. The number of ether oxygens (including phenoxy) is 1. The highest BCUT2D eigenvalue weighted by molar-refractivity contribution is 5.95. The molecule has 1 aromatic rings. The molecule has 2 atom stereocenters. The average molecular weight is 348 g/mol. The van der Waals surface area contributed by atoms with Gasteiger partial charge >= 0.3 is 0 Å². The molecule has 8 nitrogen and oxygen atoms in total. The van der Waals surface area contributed by atoms with Gasteiger partial charge in [0.05, 0.1) is 5.56 Å². The minimum atomic E-state index is -0.537. The van der Waals surface area contributed by atoms with Crippen molar-refractivity contribution in [3.63, 3.8) is 0 Å². The number of nitrogens with zero attached hydrogens (tertiary/aromatic N) is 2. The lowest BCUT2D eigenvalue weighted by Crippen LogP contribution is -2.45. The van der Waals surface area contributed by atoms with Crippen molar-refractivity contribution in [1.82, 2.24) is 20.7 Å². The monoisotopic (exact) mass is 348 g/mol. The van der Waals surface area contributed by atoms with Crippen LogP contribution in [-0.4, -0.2) is 53.9 Å². The summed E-state index contributed by atoms with van der Waals surface area (Å²) in [5.74, 6) is -0.192. The zero-order chi connectivity index (χ0) is 18.2. The molecule has 1 aliphatic heterocycles. The quantitative estimate of drug-likeness (QED) is 0.749. The normalized spacial score (nSPS) is 20.0. The Balaban J connectivity index is 1.65. The van der Waals surface area contributed by atoms with Gasteiger partial charge < -0.3 is 9.64 Å². The van der Waals surface area contributed by atoms with Gasteiger partial charge in [0, 0.05) is 25.5 Å². The van der Waals surface area contributed by atoms with Crippen molar-refractivity contribution in [2.45, 2.75) is 20.3 Å². The number of aromatic nitrogens is 1.